The Bertz CT molecular complexity index is 396. The van der Waals surface area contributed by atoms with Gasteiger partial charge in [0.25, 0.3) is 10.2 Å². The minimum absolute atomic E-state index is 0.0104. The molecular weight excluding hydrogens is 252 g/mol. The van der Waals surface area contributed by atoms with E-state index >= 15 is 0 Å². The van der Waals surface area contributed by atoms with Crippen LogP contribution in [0.2, 0.25) is 0 Å². The first-order chi connectivity index (χ1) is 8.26. The molecule has 0 aromatic carbocycles. The van der Waals surface area contributed by atoms with Gasteiger partial charge in [-0.05, 0) is 26.7 Å². The molecule has 0 aromatic rings. The van der Waals surface area contributed by atoms with Crippen LogP contribution in [0.25, 0.3) is 0 Å². The van der Waals surface area contributed by atoms with Gasteiger partial charge in [-0.25, -0.2) is 0 Å². The Morgan fingerprint density at radius 3 is 2.67 bits per heavy atom. The van der Waals surface area contributed by atoms with E-state index in [1.165, 1.54) is 4.31 Å². The molecular formula is C11H24N4O2S. The highest BCUT2D eigenvalue weighted by atomic mass is 32.2. The molecule has 1 saturated heterocycles. The molecule has 1 heterocycles. The Morgan fingerprint density at radius 1 is 1.56 bits per heavy atom. The molecule has 106 valence electrons. The third-order valence-electron chi connectivity index (χ3n) is 3.54. The summed E-state index contributed by atoms with van der Waals surface area (Å²) in [5.41, 5.74) is 5.33. The van der Waals surface area contributed by atoms with Crippen molar-refractivity contribution in [1.29, 1.82) is 5.41 Å². The molecule has 7 heteroatoms. The van der Waals surface area contributed by atoms with Gasteiger partial charge in [0.15, 0.2) is 0 Å². The van der Waals surface area contributed by atoms with Crippen LogP contribution in [0, 0.1) is 5.41 Å². The van der Waals surface area contributed by atoms with Gasteiger partial charge >= 0.3 is 0 Å². The largest absolute Gasteiger partial charge is 0.388 e. The minimum Gasteiger partial charge on any atom is -0.388 e. The van der Waals surface area contributed by atoms with E-state index in [1.54, 1.807) is 18.3 Å². The van der Waals surface area contributed by atoms with E-state index in [-0.39, 0.29) is 24.3 Å². The maximum atomic E-state index is 12.5. The van der Waals surface area contributed by atoms with Crippen LogP contribution >= 0.6 is 0 Å². The third kappa shape index (κ3) is 3.43. The molecule has 2 unspecified atom stereocenters. The van der Waals surface area contributed by atoms with Gasteiger partial charge in [0, 0.05) is 32.1 Å². The van der Waals surface area contributed by atoms with Crippen LogP contribution in [-0.2, 0) is 10.2 Å². The number of nitrogens with zero attached hydrogens (tertiary/aromatic N) is 2. The molecule has 0 bridgehead atoms. The number of nitrogens with two attached hydrogens (primary N) is 1. The summed E-state index contributed by atoms with van der Waals surface area (Å²) >= 11 is 0. The second-order valence-electron chi connectivity index (χ2n) is 5.06. The highest BCUT2D eigenvalue weighted by molar-refractivity contribution is 7.86. The predicted molar refractivity (Wildman–Crippen MR) is 72.7 cm³/mol. The lowest BCUT2D eigenvalue weighted by atomic mass is 10.1. The predicted octanol–water partition coefficient (Wildman–Crippen LogP) is 0.752. The number of nitrogens with one attached hydrogen (secondary N) is 1. The summed E-state index contributed by atoms with van der Waals surface area (Å²) in [5, 5.41) is 7.25. The Balaban J connectivity index is 2.81. The van der Waals surface area contributed by atoms with Crippen molar-refractivity contribution < 1.29 is 8.42 Å². The smallest absolute Gasteiger partial charge is 0.282 e. The van der Waals surface area contributed by atoms with Crippen LogP contribution in [-0.4, -0.2) is 48.5 Å². The summed E-state index contributed by atoms with van der Waals surface area (Å²) < 4.78 is 27.8. The number of hydrogen-bond acceptors (Lipinski definition) is 3. The normalized spacial score (nSPS) is 24.1. The molecule has 1 aliphatic heterocycles. The second-order valence-corrected chi connectivity index (χ2v) is 7.00. The molecule has 0 saturated carbocycles. The van der Waals surface area contributed by atoms with E-state index in [2.05, 4.69) is 0 Å². The van der Waals surface area contributed by atoms with E-state index in [9.17, 15) is 8.42 Å². The summed E-state index contributed by atoms with van der Waals surface area (Å²) in [6.45, 7) is 4.30. The first-order valence-electron chi connectivity index (χ1n) is 6.34. The Kier molecular flexibility index (Phi) is 5.12. The number of piperidine rings is 1. The summed E-state index contributed by atoms with van der Waals surface area (Å²) in [4.78, 5) is 0. The molecule has 1 aliphatic rings. The summed E-state index contributed by atoms with van der Waals surface area (Å²) in [6, 6.07) is -0.239. The van der Waals surface area contributed by atoms with E-state index in [1.807, 2.05) is 6.92 Å². The first kappa shape index (κ1) is 15.4. The zero-order valence-electron chi connectivity index (χ0n) is 11.4. The standard InChI is InChI=1S/C11H24N4O2S/c1-9-6-4-5-7-15(9)18(16,17)14(3)10(2)8-11(12)13/h9-10H,4-8H2,1-3H3,(H3,12,13). The zero-order chi connectivity index (χ0) is 13.9. The quantitative estimate of drug-likeness (QED) is 0.573. The molecule has 0 amide bonds. The van der Waals surface area contributed by atoms with E-state index < -0.39 is 10.2 Å². The lowest BCUT2D eigenvalue weighted by molar-refractivity contribution is 0.242. The van der Waals surface area contributed by atoms with Crippen LogP contribution < -0.4 is 5.73 Å². The molecule has 1 rings (SSSR count). The van der Waals surface area contributed by atoms with Crippen molar-refractivity contribution in [2.24, 2.45) is 5.73 Å². The van der Waals surface area contributed by atoms with Crippen molar-refractivity contribution in [2.45, 2.75) is 51.6 Å². The Morgan fingerprint density at radius 2 is 2.17 bits per heavy atom. The molecule has 0 radical (unpaired) electrons. The fourth-order valence-corrected chi connectivity index (χ4v) is 4.03. The molecule has 0 aliphatic carbocycles. The summed E-state index contributed by atoms with van der Waals surface area (Å²) in [5.74, 6) is 0.0104. The highest BCUT2D eigenvalue weighted by Crippen LogP contribution is 2.23. The SMILES string of the molecule is CC(CC(=N)N)N(C)S(=O)(=O)N1CCCCC1C. The molecule has 3 N–H and O–H groups in total. The van der Waals surface area contributed by atoms with Crippen molar-refractivity contribution in [1.82, 2.24) is 8.61 Å². The van der Waals surface area contributed by atoms with Gasteiger partial charge in [0.05, 0.1) is 5.84 Å². The Labute approximate surface area is 110 Å². The molecule has 2 atom stereocenters. The Hall–Kier alpha value is -0.660. The van der Waals surface area contributed by atoms with Crippen molar-refractivity contribution in [3.05, 3.63) is 0 Å². The van der Waals surface area contributed by atoms with E-state index in [0.717, 1.165) is 19.3 Å². The molecule has 18 heavy (non-hydrogen) atoms. The number of rotatable bonds is 5. The van der Waals surface area contributed by atoms with Crippen molar-refractivity contribution in [2.75, 3.05) is 13.6 Å². The highest BCUT2D eigenvalue weighted by Gasteiger charge is 2.34. The maximum absolute atomic E-state index is 12.5. The molecule has 0 spiro atoms. The molecule has 6 nitrogen and oxygen atoms in total. The fraction of sp³-hybridized carbons (Fsp3) is 0.909. The number of amidine groups is 1. The van der Waals surface area contributed by atoms with Gasteiger partial charge in [-0.2, -0.15) is 17.0 Å². The van der Waals surface area contributed by atoms with Gasteiger partial charge in [-0.1, -0.05) is 6.42 Å². The van der Waals surface area contributed by atoms with Crippen molar-refractivity contribution in [3.8, 4) is 0 Å². The monoisotopic (exact) mass is 276 g/mol. The van der Waals surface area contributed by atoms with Crippen molar-refractivity contribution in [3.63, 3.8) is 0 Å². The second kappa shape index (κ2) is 5.99. The van der Waals surface area contributed by atoms with E-state index in [0.29, 0.717) is 6.54 Å². The topological polar surface area (TPSA) is 90.5 Å². The summed E-state index contributed by atoms with van der Waals surface area (Å²) in [7, 11) is -1.88. The lowest BCUT2D eigenvalue weighted by Crippen LogP contribution is -2.51. The summed E-state index contributed by atoms with van der Waals surface area (Å²) in [6.07, 6.45) is 3.17. The van der Waals surface area contributed by atoms with Crippen LogP contribution in [0.4, 0.5) is 0 Å². The third-order valence-corrected chi connectivity index (χ3v) is 5.76. The van der Waals surface area contributed by atoms with Crippen LogP contribution in [0.5, 0.6) is 0 Å². The van der Waals surface area contributed by atoms with Crippen LogP contribution in [0.1, 0.15) is 39.5 Å². The van der Waals surface area contributed by atoms with Crippen LogP contribution in [0.15, 0.2) is 0 Å². The van der Waals surface area contributed by atoms with Gasteiger partial charge in [0.1, 0.15) is 0 Å². The fourth-order valence-electron chi connectivity index (χ4n) is 2.25. The van der Waals surface area contributed by atoms with E-state index in [4.69, 9.17) is 11.1 Å². The minimum atomic E-state index is -3.44. The molecule has 1 fully saturated rings. The molecule has 0 aromatic heterocycles. The van der Waals surface area contributed by atoms with Crippen LogP contribution in [0.3, 0.4) is 0 Å². The van der Waals surface area contributed by atoms with Crippen molar-refractivity contribution >= 4 is 16.0 Å². The van der Waals surface area contributed by atoms with Gasteiger partial charge in [-0.15, -0.1) is 0 Å². The maximum Gasteiger partial charge on any atom is 0.282 e. The average molecular weight is 276 g/mol. The lowest BCUT2D eigenvalue weighted by Gasteiger charge is -2.36. The van der Waals surface area contributed by atoms with Gasteiger partial charge < -0.3 is 5.73 Å². The number of hydrogen-bond donors (Lipinski definition) is 2. The van der Waals surface area contributed by atoms with Gasteiger partial charge in [-0.3, -0.25) is 5.41 Å². The zero-order valence-corrected chi connectivity index (χ0v) is 12.2. The van der Waals surface area contributed by atoms with Gasteiger partial charge in [0.2, 0.25) is 0 Å². The average Bonchev–Trinajstić information content (AvgIpc) is 2.27. The first-order valence-corrected chi connectivity index (χ1v) is 7.74.